The zero-order valence-corrected chi connectivity index (χ0v) is 16.8. The Labute approximate surface area is 152 Å². The normalized spacial score (nSPS) is 19.1. The molecule has 0 spiro atoms. The third-order valence-electron chi connectivity index (χ3n) is 4.25. The molecule has 1 aromatic carbocycles. The Morgan fingerprint density at radius 1 is 1.38 bits per heavy atom. The summed E-state index contributed by atoms with van der Waals surface area (Å²) in [6.07, 6.45) is 1.77. The molecule has 1 aromatic rings. The van der Waals surface area contributed by atoms with Crippen molar-refractivity contribution in [3.05, 3.63) is 22.7 Å². The van der Waals surface area contributed by atoms with Crippen LogP contribution < -0.4 is 4.74 Å². The van der Waals surface area contributed by atoms with Crippen molar-refractivity contribution < 1.29 is 17.9 Å². The van der Waals surface area contributed by atoms with Crippen LogP contribution in [0.2, 0.25) is 0 Å². The van der Waals surface area contributed by atoms with Crippen molar-refractivity contribution in [1.29, 1.82) is 0 Å². The molecule has 1 aliphatic rings. The highest BCUT2D eigenvalue weighted by atomic mass is 79.9. The second kappa shape index (κ2) is 8.62. The van der Waals surface area contributed by atoms with Gasteiger partial charge in [0.05, 0.1) is 23.1 Å². The highest BCUT2D eigenvalue weighted by Crippen LogP contribution is 2.31. The zero-order valence-electron chi connectivity index (χ0n) is 14.4. The van der Waals surface area contributed by atoms with Gasteiger partial charge in [-0.1, -0.05) is 0 Å². The standard InChI is InChI=1S/C16H25BrN2O4S/c1-18(9-10-22-2)12-13-5-4-8-19(13)24(20,21)14-6-7-16(23-3)15(17)11-14/h6-7,11,13H,4-5,8-10,12H2,1-3H3/t13-/m0/s1. The quantitative estimate of drug-likeness (QED) is 0.644. The fourth-order valence-electron chi connectivity index (χ4n) is 2.95. The van der Waals surface area contributed by atoms with E-state index in [4.69, 9.17) is 9.47 Å². The summed E-state index contributed by atoms with van der Waals surface area (Å²) >= 11 is 3.36. The van der Waals surface area contributed by atoms with E-state index in [9.17, 15) is 8.42 Å². The van der Waals surface area contributed by atoms with Crippen molar-refractivity contribution in [3.8, 4) is 5.75 Å². The van der Waals surface area contributed by atoms with Gasteiger partial charge in [0.15, 0.2) is 0 Å². The van der Waals surface area contributed by atoms with Gasteiger partial charge < -0.3 is 14.4 Å². The van der Waals surface area contributed by atoms with Crippen LogP contribution in [0.15, 0.2) is 27.6 Å². The second-order valence-electron chi connectivity index (χ2n) is 5.96. The fraction of sp³-hybridized carbons (Fsp3) is 0.625. The minimum atomic E-state index is -3.51. The van der Waals surface area contributed by atoms with E-state index in [2.05, 4.69) is 20.8 Å². The number of sulfonamides is 1. The summed E-state index contributed by atoms with van der Waals surface area (Å²) in [5.41, 5.74) is 0. The summed E-state index contributed by atoms with van der Waals surface area (Å²) in [6, 6.07) is 4.88. The number of rotatable bonds is 8. The molecule has 1 fully saturated rings. The number of hydrogen-bond acceptors (Lipinski definition) is 5. The highest BCUT2D eigenvalue weighted by molar-refractivity contribution is 9.10. The Bertz CT molecular complexity index is 653. The lowest BCUT2D eigenvalue weighted by molar-refractivity contribution is 0.151. The molecule has 1 saturated heterocycles. The lowest BCUT2D eigenvalue weighted by Crippen LogP contribution is -2.42. The molecule has 0 saturated carbocycles. The van der Waals surface area contributed by atoms with E-state index < -0.39 is 10.0 Å². The number of benzene rings is 1. The number of likely N-dealkylation sites (N-methyl/N-ethyl adjacent to an activating group) is 1. The molecule has 0 amide bonds. The Morgan fingerprint density at radius 2 is 2.12 bits per heavy atom. The largest absolute Gasteiger partial charge is 0.496 e. The molecule has 8 heteroatoms. The summed E-state index contributed by atoms with van der Waals surface area (Å²) < 4.78 is 38.6. The molecule has 136 valence electrons. The maximum absolute atomic E-state index is 13.0. The Hall–Kier alpha value is -0.670. The first-order valence-electron chi connectivity index (χ1n) is 7.93. The van der Waals surface area contributed by atoms with Gasteiger partial charge in [0, 0.05) is 32.8 Å². The third-order valence-corrected chi connectivity index (χ3v) is 6.82. The average molecular weight is 421 g/mol. The van der Waals surface area contributed by atoms with Gasteiger partial charge in [-0.15, -0.1) is 0 Å². The van der Waals surface area contributed by atoms with E-state index in [0.29, 0.717) is 34.8 Å². The number of nitrogens with zero attached hydrogens (tertiary/aromatic N) is 2. The maximum atomic E-state index is 13.0. The summed E-state index contributed by atoms with van der Waals surface area (Å²) in [5.74, 6) is 0.617. The van der Waals surface area contributed by atoms with Gasteiger partial charge in [-0.25, -0.2) is 8.42 Å². The molecular formula is C16H25BrN2O4S. The van der Waals surface area contributed by atoms with Gasteiger partial charge in [-0.05, 0) is 54.0 Å². The van der Waals surface area contributed by atoms with Crippen LogP contribution in [0.25, 0.3) is 0 Å². The van der Waals surface area contributed by atoms with Gasteiger partial charge in [-0.3, -0.25) is 0 Å². The average Bonchev–Trinajstić information content (AvgIpc) is 3.01. The van der Waals surface area contributed by atoms with E-state index >= 15 is 0 Å². The first-order valence-corrected chi connectivity index (χ1v) is 10.2. The zero-order chi connectivity index (χ0) is 17.7. The molecule has 6 nitrogen and oxygen atoms in total. The van der Waals surface area contributed by atoms with Crippen LogP contribution in [0.5, 0.6) is 5.75 Å². The SMILES string of the molecule is COCCN(C)C[C@@H]1CCCN1S(=O)(=O)c1ccc(OC)c(Br)c1. The summed E-state index contributed by atoms with van der Waals surface area (Å²) in [6.45, 7) is 2.70. The summed E-state index contributed by atoms with van der Waals surface area (Å²) in [4.78, 5) is 2.41. The van der Waals surface area contributed by atoms with Crippen LogP contribution in [0.4, 0.5) is 0 Å². The van der Waals surface area contributed by atoms with Crippen molar-refractivity contribution in [1.82, 2.24) is 9.21 Å². The summed E-state index contributed by atoms with van der Waals surface area (Å²) in [7, 11) is 1.71. The Morgan fingerprint density at radius 3 is 2.75 bits per heavy atom. The molecule has 1 heterocycles. The molecule has 1 atom stereocenters. The van der Waals surface area contributed by atoms with Crippen LogP contribution >= 0.6 is 15.9 Å². The van der Waals surface area contributed by atoms with Crippen molar-refractivity contribution in [2.75, 3.05) is 47.5 Å². The molecule has 0 unspecified atom stereocenters. The predicted molar refractivity (Wildman–Crippen MR) is 97.0 cm³/mol. The molecule has 0 radical (unpaired) electrons. The lowest BCUT2D eigenvalue weighted by atomic mass is 10.2. The van der Waals surface area contributed by atoms with E-state index in [1.54, 1.807) is 36.7 Å². The van der Waals surface area contributed by atoms with E-state index in [1.807, 2.05) is 7.05 Å². The van der Waals surface area contributed by atoms with E-state index in [1.165, 1.54) is 0 Å². The monoisotopic (exact) mass is 420 g/mol. The first-order chi connectivity index (χ1) is 11.4. The van der Waals surface area contributed by atoms with Gasteiger partial charge >= 0.3 is 0 Å². The van der Waals surface area contributed by atoms with Crippen LogP contribution in [-0.4, -0.2) is 71.2 Å². The Kier molecular flexibility index (Phi) is 7.06. The van der Waals surface area contributed by atoms with Crippen LogP contribution in [0.1, 0.15) is 12.8 Å². The second-order valence-corrected chi connectivity index (χ2v) is 8.71. The number of methoxy groups -OCH3 is 2. The molecule has 0 bridgehead atoms. The van der Waals surface area contributed by atoms with Crippen molar-refractivity contribution >= 4 is 26.0 Å². The minimum absolute atomic E-state index is 0.00210. The predicted octanol–water partition coefficient (Wildman–Crippen LogP) is 2.19. The van der Waals surface area contributed by atoms with Gasteiger partial charge in [0.1, 0.15) is 5.75 Å². The fourth-order valence-corrected chi connectivity index (χ4v) is 5.35. The van der Waals surface area contributed by atoms with Gasteiger partial charge in [0.2, 0.25) is 10.0 Å². The molecular weight excluding hydrogens is 396 g/mol. The number of hydrogen-bond donors (Lipinski definition) is 0. The molecule has 0 aromatic heterocycles. The molecule has 0 aliphatic carbocycles. The summed E-state index contributed by atoms with van der Waals surface area (Å²) in [5, 5.41) is 0. The number of halogens is 1. The smallest absolute Gasteiger partial charge is 0.243 e. The van der Waals surface area contributed by atoms with Gasteiger partial charge in [0.25, 0.3) is 0 Å². The third kappa shape index (κ3) is 4.49. The molecule has 24 heavy (non-hydrogen) atoms. The first kappa shape index (κ1) is 19.7. The van der Waals surface area contributed by atoms with E-state index in [0.717, 1.165) is 19.4 Å². The molecule has 2 rings (SSSR count). The highest BCUT2D eigenvalue weighted by Gasteiger charge is 2.35. The maximum Gasteiger partial charge on any atom is 0.243 e. The minimum Gasteiger partial charge on any atom is -0.496 e. The van der Waals surface area contributed by atoms with Crippen molar-refractivity contribution in [2.45, 2.75) is 23.8 Å². The lowest BCUT2D eigenvalue weighted by Gasteiger charge is -2.28. The topological polar surface area (TPSA) is 59.1 Å². The van der Waals surface area contributed by atoms with Gasteiger partial charge in [-0.2, -0.15) is 4.31 Å². The van der Waals surface area contributed by atoms with Crippen LogP contribution in [0.3, 0.4) is 0 Å². The molecule has 0 N–H and O–H groups in total. The van der Waals surface area contributed by atoms with Crippen LogP contribution in [-0.2, 0) is 14.8 Å². The van der Waals surface area contributed by atoms with Crippen LogP contribution in [0, 0.1) is 0 Å². The molecule has 1 aliphatic heterocycles. The number of ether oxygens (including phenoxy) is 2. The van der Waals surface area contributed by atoms with E-state index in [-0.39, 0.29) is 6.04 Å². The van der Waals surface area contributed by atoms with Crippen molar-refractivity contribution in [3.63, 3.8) is 0 Å². The Balaban J connectivity index is 2.16. The van der Waals surface area contributed by atoms with Crippen molar-refractivity contribution in [2.24, 2.45) is 0 Å².